The van der Waals surface area contributed by atoms with Gasteiger partial charge in [0.05, 0.1) is 12.6 Å². The highest BCUT2D eigenvalue weighted by Crippen LogP contribution is 2.04. The van der Waals surface area contributed by atoms with Crippen molar-refractivity contribution in [3.8, 4) is 0 Å². The summed E-state index contributed by atoms with van der Waals surface area (Å²) in [4.78, 5) is 3.82. The fourth-order valence-electron chi connectivity index (χ4n) is 1.49. The van der Waals surface area contributed by atoms with Crippen LogP contribution in [0.25, 0.3) is 0 Å². The molecular weight excluding hydrogens is 190 g/mol. The van der Waals surface area contributed by atoms with Gasteiger partial charge in [-0.15, -0.1) is 0 Å². The Morgan fingerprint density at radius 1 is 1.27 bits per heavy atom. The van der Waals surface area contributed by atoms with E-state index in [1.807, 2.05) is 30.3 Å². The highest BCUT2D eigenvalue weighted by Gasteiger charge is 2.06. The number of benzene rings is 1. The Morgan fingerprint density at radius 2 is 2.07 bits per heavy atom. The number of nitrogens with zero attached hydrogens (tertiary/aromatic N) is 3. The summed E-state index contributed by atoms with van der Waals surface area (Å²) in [5.41, 5.74) is 1.13. The second-order valence-corrected chi connectivity index (χ2v) is 3.46. The van der Waals surface area contributed by atoms with Gasteiger partial charge in [0.25, 0.3) is 0 Å². The van der Waals surface area contributed by atoms with Crippen LogP contribution in [0.4, 0.5) is 0 Å². The summed E-state index contributed by atoms with van der Waals surface area (Å²) in [7, 11) is 0. The van der Waals surface area contributed by atoms with Crippen molar-refractivity contribution in [3.05, 3.63) is 48.5 Å². The Labute approximate surface area is 88.2 Å². The standard InChI is InChI=1S/C11H13N3O/c15-11(7-14-9-12-8-13-14)6-10-4-2-1-3-5-10/h1-5,8-9,11,15H,6-7H2. The fraction of sp³-hybridized carbons (Fsp3) is 0.273. The van der Waals surface area contributed by atoms with E-state index in [4.69, 9.17) is 0 Å². The maximum Gasteiger partial charge on any atom is 0.137 e. The van der Waals surface area contributed by atoms with E-state index >= 15 is 0 Å². The molecule has 1 atom stereocenters. The molecule has 4 heteroatoms. The molecule has 0 aliphatic rings. The van der Waals surface area contributed by atoms with Crippen LogP contribution in [0.5, 0.6) is 0 Å². The lowest BCUT2D eigenvalue weighted by Crippen LogP contribution is -2.18. The first-order chi connectivity index (χ1) is 7.34. The third-order valence-electron chi connectivity index (χ3n) is 2.18. The predicted molar refractivity (Wildman–Crippen MR) is 56.2 cm³/mol. The molecule has 0 fully saturated rings. The van der Waals surface area contributed by atoms with E-state index in [2.05, 4.69) is 10.1 Å². The molecule has 0 bridgehead atoms. The lowest BCUT2D eigenvalue weighted by Gasteiger charge is -2.09. The van der Waals surface area contributed by atoms with Crippen molar-refractivity contribution >= 4 is 0 Å². The minimum Gasteiger partial charge on any atom is -0.391 e. The van der Waals surface area contributed by atoms with Crippen LogP contribution in [0.1, 0.15) is 5.56 Å². The number of hydrogen-bond donors (Lipinski definition) is 1. The second kappa shape index (κ2) is 4.70. The Hall–Kier alpha value is -1.68. The lowest BCUT2D eigenvalue weighted by molar-refractivity contribution is 0.149. The van der Waals surface area contributed by atoms with Gasteiger partial charge in [-0.05, 0) is 5.56 Å². The zero-order valence-electron chi connectivity index (χ0n) is 8.32. The molecule has 1 N–H and O–H groups in total. The minimum atomic E-state index is -0.422. The van der Waals surface area contributed by atoms with E-state index in [1.54, 1.807) is 11.0 Å². The van der Waals surface area contributed by atoms with Crippen LogP contribution in [-0.4, -0.2) is 26.0 Å². The van der Waals surface area contributed by atoms with Gasteiger partial charge < -0.3 is 5.11 Å². The van der Waals surface area contributed by atoms with Crippen molar-refractivity contribution in [1.82, 2.24) is 14.8 Å². The summed E-state index contributed by atoms with van der Waals surface area (Å²) in [6.45, 7) is 0.481. The van der Waals surface area contributed by atoms with Crippen LogP contribution < -0.4 is 0 Å². The van der Waals surface area contributed by atoms with E-state index in [1.165, 1.54) is 6.33 Å². The van der Waals surface area contributed by atoms with Crippen LogP contribution >= 0.6 is 0 Å². The summed E-state index contributed by atoms with van der Waals surface area (Å²) in [5.74, 6) is 0. The van der Waals surface area contributed by atoms with Crippen molar-refractivity contribution in [3.63, 3.8) is 0 Å². The van der Waals surface area contributed by atoms with Gasteiger partial charge >= 0.3 is 0 Å². The smallest absolute Gasteiger partial charge is 0.137 e. The van der Waals surface area contributed by atoms with Crippen molar-refractivity contribution in [2.45, 2.75) is 19.1 Å². The minimum absolute atomic E-state index is 0.422. The topological polar surface area (TPSA) is 50.9 Å². The van der Waals surface area contributed by atoms with Crippen LogP contribution in [0.2, 0.25) is 0 Å². The van der Waals surface area contributed by atoms with Gasteiger partial charge in [-0.2, -0.15) is 5.10 Å². The maximum absolute atomic E-state index is 9.79. The molecule has 1 unspecified atom stereocenters. The second-order valence-electron chi connectivity index (χ2n) is 3.46. The van der Waals surface area contributed by atoms with Gasteiger partial charge in [-0.1, -0.05) is 30.3 Å². The first-order valence-electron chi connectivity index (χ1n) is 4.89. The molecule has 0 saturated carbocycles. The molecule has 0 aliphatic carbocycles. The van der Waals surface area contributed by atoms with Crippen molar-refractivity contribution in [2.75, 3.05) is 0 Å². The molecule has 0 spiro atoms. The van der Waals surface area contributed by atoms with Crippen molar-refractivity contribution < 1.29 is 5.11 Å². The van der Waals surface area contributed by atoms with E-state index in [0.29, 0.717) is 13.0 Å². The first-order valence-corrected chi connectivity index (χ1v) is 4.89. The molecular formula is C11H13N3O. The van der Waals surface area contributed by atoms with Gasteiger partial charge in [0.2, 0.25) is 0 Å². The van der Waals surface area contributed by atoms with Crippen molar-refractivity contribution in [1.29, 1.82) is 0 Å². The molecule has 78 valence electrons. The number of aliphatic hydroxyl groups is 1. The Bertz CT molecular complexity index is 385. The molecule has 0 radical (unpaired) electrons. The Balaban J connectivity index is 1.90. The number of hydrogen-bond acceptors (Lipinski definition) is 3. The average Bonchev–Trinajstić information content (AvgIpc) is 2.71. The Kier molecular flexibility index (Phi) is 3.09. The van der Waals surface area contributed by atoms with E-state index in [0.717, 1.165) is 5.56 Å². The number of aromatic nitrogens is 3. The molecule has 0 saturated heterocycles. The van der Waals surface area contributed by atoms with Gasteiger partial charge in [0, 0.05) is 6.42 Å². The van der Waals surface area contributed by atoms with Crippen molar-refractivity contribution in [2.24, 2.45) is 0 Å². The normalized spacial score (nSPS) is 12.6. The number of aliphatic hydroxyl groups excluding tert-OH is 1. The van der Waals surface area contributed by atoms with E-state index in [9.17, 15) is 5.11 Å². The van der Waals surface area contributed by atoms with Gasteiger partial charge in [0.15, 0.2) is 0 Å². The molecule has 1 heterocycles. The Morgan fingerprint density at radius 3 is 2.73 bits per heavy atom. The average molecular weight is 203 g/mol. The maximum atomic E-state index is 9.79. The van der Waals surface area contributed by atoms with Gasteiger partial charge in [-0.25, -0.2) is 4.98 Å². The molecule has 2 rings (SSSR count). The van der Waals surface area contributed by atoms with Crippen LogP contribution in [0.3, 0.4) is 0 Å². The van der Waals surface area contributed by atoms with Gasteiger partial charge in [0.1, 0.15) is 12.7 Å². The molecule has 0 aliphatic heterocycles. The molecule has 15 heavy (non-hydrogen) atoms. The third kappa shape index (κ3) is 2.89. The highest BCUT2D eigenvalue weighted by molar-refractivity contribution is 5.15. The molecule has 0 amide bonds. The monoisotopic (exact) mass is 203 g/mol. The predicted octanol–water partition coefficient (Wildman–Crippen LogP) is 0.882. The molecule has 1 aromatic carbocycles. The summed E-state index contributed by atoms with van der Waals surface area (Å²) in [6.07, 6.45) is 3.29. The van der Waals surface area contributed by atoms with E-state index < -0.39 is 6.10 Å². The zero-order valence-corrected chi connectivity index (χ0v) is 8.32. The lowest BCUT2D eigenvalue weighted by atomic mass is 10.1. The summed E-state index contributed by atoms with van der Waals surface area (Å²) in [5, 5.41) is 13.7. The summed E-state index contributed by atoms with van der Waals surface area (Å²) in [6, 6.07) is 9.91. The fourth-order valence-corrected chi connectivity index (χ4v) is 1.49. The first kappa shape index (κ1) is 9.86. The zero-order chi connectivity index (χ0) is 10.5. The third-order valence-corrected chi connectivity index (χ3v) is 2.18. The SMILES string of the molecule is OC(Cc1ccccc1)Cn1cncn1. The molecule has 2 aromatic rings. The number of rotatable bonds is 4. The quantitative estimate of drug-likeness (QED) is 0.802. The molecule has 1 aromatic heterocycles. The largest absolute Gasteiger partial charge is 0.391 e. The van der Waals surface area contributed by atoms with Crippen LogP contribution in [0, 0.1) is 0 Å². The highest BCUT2D eigenvalue weighted by atomic mass is 16.3. The van der Waals surface area contributed by atoms with Crippen LogP contribution in [0.15, 0.2) is 43.0 Å². The summed E-state index contributed by atoms with van der Waals surface area (Å²) >= 11 is 0. The van der Waals surface area contributed by atoms with E-state index in [-0.39, 0.29) is 0 Å². The van der Waals surface area contributed by atoms with Gasteiger partial charge in [-0.3, -0.25) is 4.68 Å². The van der Waals surface area contributed by atoms with Crippen LogP contribution in [-0.2, 0) is 13.0 Å². The molecule has 4 nitrogen and oxygen atoms in total. The summed E-state index contributed by atoms with van der Waals surface area (Å²) < 4.78 is 1.63.